The second-order valence-corrected chi connectivity index (χ2v) is 27.4. The van der Waals surface area contributed by atoms with Gasteiger partial charge in [-0.05, 0) is 0 Å². The molecule has 0 unspecified atom stereocenters. The van der Waals surface area contributed by atoms with Gasteiger partial charge in [0.2, 0.25) is 0 Å². The molecule has 0 aliphatic heterocycles. The van der Waals surface area contributed by atoms with E-state index in [2.05, 4.69) is 40.0 Å². The monoisotopic (exact) mass is 686 g/mol. The van der Waals surface area contributed by atoms with Crippen molar-refractivity contribution in [3.63, 3.8) is 0 Å². The number of hydrogen-bond acceptors (Lipinski definition) is 3. The molecular formula is C36H70O2SSn. The van der Waals surface area contributed by atoms with Gasteiger partial charge in [0.05, 0.1) is 0 Å². The molecule has 0 radical (unpaired) electrons. The van der Waals surface area contributed by atoms with E-state index in [-0.39, 0.29) is 0 Å². The molecule has 4 heteroatoms. The van der Waals surface area contributed by atoms with Gasteiger partial charge < -0.3 is 0 Å². The fraction of sp³-hybridized carbons (Fsp3) is 0.889. The molecule has 1 heterocycles. The van der Waals surface area contributed by atoms with Gasteiger partial charge in [-0.25, -0.2) is 0 Å². The van der Waals surface area contributed by atoms with Crippen LogP contribution in [0.2, 0.25) is 13.3 Å². The molecule has 0 fully saturated rings. The van der Waals surface area contributed by atoms with Gasteiger partial charge in [-0.2, -0.15) is 0 Å². The standard InChI is InChI=1S/C24H43O2S.3C4H9.Sn/c1-3-5-7-9-11-13-15-17-19-25-23-21-27-22-24(23)26-20-18-16-14-12-10-8-6-4-2;3*1-3-4-2;/h21H,3-20H2,1-2H3;3*1,3-4H2,2H3;. The minimum Gasteiger partial charge on any atom is -0.0654 e. The molecule has 0 N–H and O–H groups in total. The Labute approximate surface area is 260 Å². The van der Waals surface area contributed by atoms with E-state index in [1.54, 1.807) is 2.89 Å². The van der Waals surface area contributed by atoms with E-state index in [0.29, 0.717) is 0 Å². The van der Waals surface area contributed by atoms with E-state index >= 15 is 0 Å². The summed E-state index contributed by atoms with van der Waals surface area (Å²) in [6, 6.07) is 0. The second-order valence-electron chi connectivity index (χ2n) is 12.5. The first kappa shape index (κ1) is 38.1. The molecule has 0 bridgehead atoms. The maximum atomic E-state index is 6.77. The average molecular weight is 686 g/mol. The number of thiophene rings is 1. The Morgan fingerprint density at radius 1 is 0.475 bits per heavy atom. The molecule has 0 aliphatic rings. The Bertz CT molecular complexity index is 652. The van der Waals surface area contributed by atoms with Crippen LogP contribution in [0.1, 0.15) is 176 Å². The van der Waals surface area contributed by atoms with Crippen LogP contribution in [-0.4, -0.2) is 31.6 Å². The molecule has 1 rings (SSSR count). The van der Waals surface area contributed by atoms with Gasteiger partial charge in [0.15, 0.2) is 0 Å². The number of rotatable bonds is 30. The van der Waals surface area contributed by atoms with E-state index in [9.17, 15) is 0 Å². The molecule has 40 heavy (non-hydrogen) atoms. The van der Waals surface area contributed by atoms with Crippen molar-refractivity contribution in [2.45, 2.75) is 189 Å². The van der Waals surface area contributed by atoms with Gasteiger partial charge in [-0.15, -0.1) is 0 Å². The Kier molecular flexibility index (Phi) is 25.5. The molecule has 236 valence electrons. The zero-order chi connectivity index (χ0) is 29.2. The van der Waals surface area contributed by atoms with Crippen molar-refractivity contribution in [3.8, 4) is 11.5 Å². The molecule has 1 aromatic heterocycles. The first-order valence-corrected chi connectivity index (χ1v) is 26.4. The predicted molar refractivity (Wildman–Crippen MR) is 185 cm³/mol. The third-order valence-electron chi connectivity index (χ3n) is 8.72. The van der Waals surface area contributed by atoms with E-state index in [0.717, 1.165) is 19.0 Å². The number of hydrogen-bond donors (Lipinski definition) is 0. The summed E-state index contributed by atoms with van der Waals surface area (Å²) in [5, 5.41) is 2.35. The van der Waals surface area contributed by atoms with E-state index in [1.807, 2.05) is 11.3 Å². The normalized spacial score (nSPS) is 11.8. The second kappa shape index (κ2) is 26.7. The third kappa shape index (κ3) is 16.7. The quantitative estimate of drug-likeness (QED) is 0.0593. The van der Waals surface area contributed by atoms with Crippen molar-refractivity contribution in [1.29, 1.82) is 0 Å². The molecular weight excluding hydrogens is 615 g/mol. The first-order chi connectivity index (χ1) is 19.7. The molecule has 0 amide bonds. The van der Waals surface area contributed by atoms with Crippen molar-refractivity contribution in [2.75, 3.05) is 13.2 Å². The van der Waals surface area contributed by atoms with Crippen LogP contribution in [0.3, 0.4) is 0 Å². The van der Waals surface area contributed by atoms with E-state index < -0.39 is 18.4 Å². The summed E-state index contributed by atoms with van der Waals surface area (Å²) in [7, 11) is 0. The first-order valence-electron chi connectivity index (χ1n) is 18.1. The average Bonchev–Trinajstić information content (AvgIpc) is 3.38. The van der Waals surface area contributed by atoms with E-state index in [1.165, 1.54) is 160 Å². The summed E-state index contributed by atoms with van der Waals surface area (Å²) in [5.41, 5.74) is 0. The van der Waals surface area contributed by atoms with Crippen molar-refractivity contribution in [3.05, 3.63) is 5.38 Å². The Hall–Kier alpha value is 0.0987. The Morgan fingerprint density at radius 3 is 1.27 bits per heavy atom. The summed E-state index contributed by atoms with van der Waals surface area (Å²) in [6.45, 7) is 13.4. The van der Waals surface area contributed by atoms with Gasteiger partial charge in [0.1, 0.15) is 0 Å². The summed E-state index contributed by atoms with van der Waals surface area (Å²) in [5.74, 6) is 2.31. The van der Waals surface area contributed by atoms with Crippen molar-refractivity contribution >= 4 is 32.6 Å². The van der Waals surface area contributed by atoms with Gasteiger partial charge >= 0.3 is 241 Å². The van der Waals surface area contributed by atoms with Crippen LogP contribution < -0.4 is 12.4 Å². The zero-order valence-electron chi connectivity index (χ0n) is 27.9. The van der Waals surface area contributed by atoms with Gasteiger partial charge in [-0.1, -0.05) is 20.3 Å². The van der Waals surface area contributed by atoms with Gasteiger partial charge in [0.25, 0.3) is 0 Å². The summed E-state index contributed by atoms with van der Waals surface area (Å²) < 4.78 is 19.5. The topological polar surface area (TPSA) is 18.5 Å². The number of ether oxygens (including phenoxy) is 2. The molecule has 0 aliphatic carbocycles. The van der Waals surface area contributed by atoms with E-state index in [4.69, 9.17) is 9.47 Å². The smallest absolute Gasteiger partial charge is 0.0654 e. The van der Waals surface area contributed by atoms with Crippen molar-refractivity contribution in [2.24, 2.45) is 0 Å². The fourth-order valence-corrected chi connectivity index (χ4v) is 26.5. The Morgan fingerprint density at radius 2 is 0.850 bits per heavy atom. The molecule has 0 spiro atoms. The molecule has 2 nitrogen and oxygen atoms in total. The van der Waals surface area contributed by atoms with Crippen LogP contribution in [0, 0.1) is 0 Å². The van der Waals surface area contributed by atoms with Crippen LogP contribution >= 0.6 is 11.3 Å². The van der Waals surface area contributed by atoms with Gasteiger partial charge in [0, 0.05) is 0 Å². The summed E-state index contributed by atoms with van der Waals surface area (Å²) in [6.07, 6.45) is 29.7. The summed E-state index contributed by atoms with van der Waals surface area (Å²) >= 11 is -0.534. The molecule has 1 aromatic rings. The van der Waals surface area contributed by atoms with Crippen LogP contribution in [0.5, 0.6) is 11.5 Å². The minimum absolute atomic E-state index is 0.848. The summed E-state index contributed by atoms with van der Waals surface area (Å²) in [4.78, 5) is 0. The minimum atomic E-state index is -2.57. The molecule has 0 saturated carbocycles. The fourth-order valence-electron chi connectivity index (χ4n) is 6.02. The van der Waals surface area contributed by atoms with Crippen molar-refractivity contribution < 1.29 is 9.47 Å². The number of unbranched alkanes of at least 4 members (excludes halogenated alkanes) is 17. The Balaban J connectivity index is 2.87. The van der Waals surface area contributed by atoms with Crippen LogP contribution in [0.4, 0.5) is 0 Å². The third-order valence-corrected chi connectivity index (χ3v) is 28.0. The maximum absolute atomic E-state index is 6.77. The molecule has 0 aromatic carbocycles. The predicted octanol–water partition coefficient (Wildman–Crippen LogP) is 12.8. The van der Waals surface area contributed by atoms with Crippen LogP contribution in [-0.2, 0) is 0 Å². The van der Waals surface area contributed by atoms with Crippen LogP contribution in [0.25, 0.3) is 0 Å². The van der Waals surface area contributed by atoms with Gasteiger partial charge in [-0.3, -0.25) is 0 Å². The molecule has 0 atom stereocenters. The van der Waals surface area contributed by atoms with Crippen LogP contribution in [0.15, 0.2) is 5.38 Å². The SMILES string of the molecule is CCCCCCCCCCOc1cs[c]([Sn]([CH2]CCC)([CH2]CCC)[CH2]CCC)c1OCCCCCCCCCC. The van der Waals surface area contributed by atoms with Crippen molar-refractivity contribution in [1.82, 2.24) is 0 Å². The zero-order valence-corrected chi connectivity index (χ0v) is 31.6. The molecule has 0 saturated heterocycles.